The summed E-state index contributed by atoms with van der Waals surface area (Å²) in [6.45, 7) is 0. The molecule has 1 aromatic carbocycles. The van der Waals surface area contributed by atoms with Crippen molar-refractivity contribution in [2.45, 2.75) is 0 Å². The van der Waals surface area contributed by atoms with Gasteiger partial charge in [0.25, 0.3) is 0 Å². The summed E-state index contributed by atoms with van der Waals surface area (Å²) in [4.78, 5) is 3.92. The molecule has 0 aliphatic carbocycles. The molecule has 0 aliphatic heterocycles. The SMILES string of the molecule is Nc1cn(-c2ccc(Cl)c(F)c2)nc1-c1ccc(F)cn1. The zero-order chi connectivity index (χ0) is 15.0. The average molecular weight is 307 g/mol. The van der Waals surface area contributed by atoms with E-state index in [0.29, 0.717) is 22.8 Å². The predicted octanol–water partition coefficient (Wildman–Crippen LogP) is 3.45. The molecule has 0 aliphatic rings. The minimum Gasteiger partial charge on any atom is -0.396 e. The highest BCUT2D eigenvalue weighted by molar-refractivity contribution is 6.30. The minimum absolute atomic E-state index is 0.0271. The third-order valence-electron chi connectivity index (χ3n) is 2.88. The molecule has 3 aromatic rings. The number of rotatable bonds is 2. The predicted molar refractivity (Wildman–Crippen MR) is 76.1 cm³/mol. The Kier molecular flexibility index (Phi) is 3.31. The van der Waals surface area contributed by atoms with Crippen molar-refractivity contribution in [3.05, 3.63) is 59.4 Å². The summed E-state index contributed by atoms with van der Waals surface area (Å²) >= 11 is 5.64. The van der Waals surface area contributed by atoms with Crippen LogP contribution in [0.5, 0.6) is 0 Å². The summed E-state index contributed by atoms with van der Waals surface area (Å²) in [6, 6.07) is 7.03. The number of hydrogen-bond acceptors (Lipinski definition) is 3. The molecule has 0 spiro atoms. The number of benzene rings is 1. The molecule has 106 valence electrons. The molecule has 2 N–H and O–H groups in total. The first kappa shape index (κ1) is 13.5. The first-order valence-electron chi connectivity index (χ1n) is 5.97. The lowest BCUT2D eigenvalue weighted by Gasteiger charge is -2.02. The van der Waals surface area contributed by atoms with E-state index >= 15 is 0 Å². The molecular formula is C14H9ClF2N4. The first-order chi connectivity index (χ1) is 10.0. The Bertz CT molecular complexity index is 799. The van der Waals surface area contributed by atoms with Crippen LogP contribution in [0.25, 0.3) is 17.1 Å². The fraction of sp³-hybridized carbons (Fsp3) is 0. The van der Waals surface area contributed by atoms with Gasteiger partial charge in [0.1, 0.15) is 17.3 Å². The third kappa shape index (κ3) is 2.57. The fourth-order valence-corrected chi connectivity index (χ4v) is 1.98. The van der Waals surface area contributed by atoms with E-state index in [9.17, 15) is 8.78 Å². The largest absolute Gasteiger partial charge is 0.396 e. The van der Waals surface area contributed by atoms with Gasteiger partial charge in [-0.15, -0.1) is 0 Å². The van der Waals surface area contributed by atoms with E-state index in [2.05, 4.69) is 10.1 Å². The molecule has 0 atom stereocenters. The van der Waals surface area contributed by atoms with Gasteiger partial charge in [-0.3, -0.25) is 4.98 Å². The van der Waals surface area contributed by atoms with Gasteiger partial charge in [-0.1, -0.05) is 11.6 Å². The van der Waals surface area contributed by atoms with Crippen molar-refractivity contribution in [1.82, 2.24) is 14.8 Å². The van der Waals surface area contributed by atoms with Crippen LogP contribution in [-0.4, -0.2) is 14.8 Å². The van der Waals surface area contributed by atoms with E-state index in [1.807, 2.05) is 0 Å². The average Bonchev–Trinajstić information content (AvgIpc) is 2.85. The summed E-state index contributed by atoms with van der Waals surface area (Å²) in [6.07, 6.45) is 2.61. The van der Waals surface area contributed by atoms with Crippen LogP contribution >= 0.6 is 11.6 Å². The Morgan fingerprint density at radius 2 is 1.95 bits per heavy atom. The van der Waals surface area contributed by atoms with Crippen LogP contribution in [0.15, 0.2) is 42.7 Å². The number of nitrogen functional groups attached to an aromatic ring is 1. The normalized spacial score (nSPS) is 10.8. The summed E-state index contributed by atoms with van der Waals surface area (Å²) in [7, 11) is 0. The van der Waals surface area contributed by atoms with Gasteiger partial charge in [-0.2, -0.15) is 5.10 Å². The number of hydrogen-bond donors (Lipinski definition) is 1. The quantitative estimate of drug-likeness (QED) is 0.789. The number of anilines is 1. The molecule has 0 fully saturated rings. The van der Waals surface area contributed by atoms with Crippen molar-refractivity contribution >= 4 is 17.3 Å². The second-order valence-electron chi connectivity index (χ2n) is 4.34. The second-order valence-corrected chi connectivity index (χ2v) is 4.74. The van der Waals surface area contributed by atoms with Crippen LogP contribution in [0.1, 0.15) is 0 Å². The van der Waals surface area contributed by atoms with Crippen LogP contribution in [0, 0.1) is 11.6 Å². The van der Waals surface area contributed by atoms with Gasteiger partial charge in [0.05, 0.1) is 34.5 Å². The van der Waals surface area contributed by atoms with Crippen molar-refractivity contribution in [3.8, 4) is 17.1 Å². The van der Waals surface area contributed by atoms with Crippen LogP contribution in [0.4, 0.5) is 14.5 Å². The van der Waals surface area contributed by atoms with E-state index in [1.165, 1.54) is 35.1 Å². The van der Waals surface area contributed by atoms with Gasteiger partial charge in [-0.25, -0.2) is 13.5 Å². The molecule has 0 saturated carbocycles. The smallest absolute Gasteiger partial charge is 0.143 e. The number of pyridine rings is 1. The zero-order valence-corrected chi connectivity index (χ0v) is 11.4. The molecule has 4 nitrogen and oxygen atoms in total. The van der Waals surface area contributed by atoms with Crippen molar-refractivity contribution < 1.29 is 8.78 Å². The molecule has 21 heavy (non-hydrogen) atoms. The Morgan fingerprint density at radius 1 is 1.14 bits per heavy atom. The molecule has 0 unspecified atom stereocenters. The lowest BCUT2D eigenvalue weighted by atomic mass is 10.2. The van der Waals surface area contributed by atoms with E-state index in [-0.39, 0.29) is 5.02 Å². The Morgan fingerprint density at radius 3 is 2.62 bits per heavy atom. The van der Waals surface area contributed by atoms with Crippen LogP contribution < -0.4 is 5.73 Å². The van der Waals surface area contributed by atoms with Gasteiger partial charge in [0.15, 0.2) is 0 Å². The van der Waals surface area contributed by atoms with Gasteiger partial charge in [-0.05, 0) is 24.3 Å². The topological polar surface area (TPSA) is 56.7 Å². The number of nitrogens with two attached hydrogens (primary N) is 1. The Hall–Kier alpha value is -2.47. The lowest BCUT2D eigenvalue weighted by Crippen LogP contribution is -1.96. The molecular weight excluding hydrogens is 298 g/mol. The molecule has 7 heteroatoms. The van der Waals surface area contributed by atoms with E-state index in [0.717, 1.165) is 6.20 Å². The van der Waals surface area contributed by atoms with Gasteiger partial charge < -0.3 is 5.73 Å². The maximum Gasteiger partial charge on any atom is 0.143 e. The van der Waals surface area contributed by atoms with E-state index < -0.39 is 11.6 Å². The Labute approximate surface area is 123 Å². The van der Waals surface area contributed by atoms with Crippen LogP contribution in [0.3, 0.4) is 0 Å². The van der Waals surface area contributed by atoms with Gasteiger partial charge in [0.2, 0.25) is 0 Å². The maximum atomic E-state index is 13.5. The molecule has 0 saturated heterocycles. The monoisotopic (exact) mass is 306 g/mol. The van der Waals surface area contributed by atoms with Crippen molar-refractivity contribution in [2.24, 2.45) is 0 Å². The molecule has 0 radical (unpaired) electrons. The molecule has 0 bridgehead atoms. The number of aromatic nitrogens is 3. The highest BCUT2D eigenvalue weighted by atomic mass is 35.5. The van der Waals surface area contributed by atoms with Gasteiger partial charge in [0, 0.05) is 6.07 Å². The maximum absolute atomic E-state index is 13.5. The molecule has 2 aromatic heterocycles. The summed E-state index contributed by atoms with van der Waals surface area (Å²) in [5.74, 6) is -0.999. The third-order valence-corrected chi connectivity index (χ3v) is 3.19. The van der Waals surface area contributed by atoms with Crippen molar-refractivity contribution in [2.75, 3.05) is 5.73 Å². The summed E-state index contributed by atoms with van der Waals surface area (Å²) < 4.78 is 27.8. The number of halogens is 3. The first-order valence-corrected chi connectivity index (χ1v) is 6.35. The summed E-state index contributed by atoms with van der Waals surface area (Å²) in [5.41, 5.74) is 7.53. The van der Waals surface area contributed by atoms with Crippen LogP contribution in [0.2, 0.25) is 5.02 Å². The van der Waals surface area contributed by atoms with Crippen molar-refractivity contribution in [3.63, 3.8) is 0 Å². The molecule has 2 heterocycles. The molecule has 3 rings (SSSR count). The number of nitrogens with zero attached hydrogens (tertiary/aromatic N) is 3. The Balaban J connectivity index is 2.04. The fourth-order valence-electron chi connectivity index (χ4n) is 1.86. The summed E-state index contributed by atoms with van der Waals surface area (Å²) in [5, 5.41) is 4.27. The highest BCUT2D eigenvalue weighted by Gasteiger charge is 2.12. The molecule has 0 amide bonds. The minimum atomic E-state index is -0.551. The van der Waals surface area contributed by atoms with Crippen molar-refractivity contribution in [1.29, 1.82) is 0 Å². The van der Waals surface area contributed by atoms with E-state index in [1.54, 1.807) is 6.07 Å². The van der Waals surface area contributed by atoms with Gasteiger partial charge >= 0.3 is 0 Å². The standard InChI is InChI=1S/C14H9ClF2N4/c15-10-3-2-9(5-11(10)17)21-7-12(18)14(20-21)13-4-1-8(16)6-19-13/h1-7H,18H2. The van der Waals surface area contributed by atoms with Crippen LogP contribution in [-0.2, 0) is 0 Å². The second kappa shape index (κ2) is 5.14. The van der Waals surface area contributed by atoms with E-state index in [4.69, 9.17) is 17.3 Å². The lowest BCUT2D eigenvalue weighted by molar-refractivity contribution is 0.621. The zero-order valence-electron chi connectivity index (χ0n) is 10.6. The highest BCUT2D eigenvalue weighted by Crippen LogP contribution is 2.25.